The molecule has 3 aromatic heterocycles. The zero-order valence-electron chi connectivity index (χ0n) is 22.3. The first kappa shape index (κ1) is 25.6. The Kier molecular flexibility index (Phi) is 6.64. The first-order valence-electron chi connectivity index (χ1n) is 13.3. The van der Waals surface area contributed by atoms with Gasteiger partial charge in [-0.15, -0.1) is 5.10 Å². The SMILES string of the molecule is CC(=O)N1C(C)CN(c2cc(Cl)cc(-c3cc(-c4cnnn4C4CCOCC4)c4c(N)ncnn34)c2)CC1C. The highest BCUT2D eigenvalue weighted by Gasteiger charge is 2.32. The van der Waals surface area contributed by atoms with Crippen LogP contribution < -0.4 is 10.6 Å². The molecule has 0 bridgehead atoms. The number of carbonyl (C=O) groups is 1. The van der Waals surface area contributed by atoms with Crippen LogP contribution in [0.15, 0.2) is 36.8 Å². The molecule has 12 heteroatoms. The number of halogens is 1. The number of piperazine rings is 1. The monoisotopic (exact) mass is 549 g/mol. The van der Waals surface area contributed by atoms with Gasteiger partial charge in [0.15, 0.2) is 5.82 Å². The summed E-state index contributed by atoms with van der Waals surface area (Å²) in [5, 5.41) is 13.8. The van der Waals surface area contributed by atoms with Gasteiger partial charge >= 0.3 is 0 Å². The van der Waals surface area contributed by atoms with E-state index in [1.165, 1.54) is 6.33 Å². The molecule has 0 spiro atoms. The number of amides is 1. The van der Waals surface area contributed by atoms with Crippen LogP contribution in [0.4, 0.5) is 11.5 Å². The summed E-state index contributed by atoms with van der Waals surface area (Å²) < 4.78 is 9.34. The number of nitrogen functional groups attached to an aromatic ring is 1. The number of hydrogen-bond acceptors (Lipinski definition) is 8. The minimum absolute atomic E-state index is 0.0833. The van der Waals surface area contributed by atoms with Crippen LogP contribution in [0, 0.1) is 0 Å². The van der Waals surface area contributed by atoms with Crippen molar-refractivity contribution in [3.63, 3.8) is 0 Å². The number of benzene rings is 1. The molecule has 0 radical (unpaired) electrons. The van der Waals surface area contributed by atoms with E-state index in [1.807, 2.05) is 26.2 Å². The fourth-order valence-corrected chi connectivity index (χ4v) is 6.39. The van der Waals surface area contributed by atoms with Gasteiger partial charge in [-0.25, -0.2) is 14.2 Å². The molecule has 6 rings (SSSR count). The fraction of sp³-hybridized carbons (Fsp3) is 0.444. The van der Waals surface area contributed by atoms with E-state index in [1.54, 1.807) is 13.1 Å². The summed E-state index contributed by atoms with van der Waals surface area (Å²) in [6.07, 6.45) is 4.96. The largest absolute Gasteiger partial charge is 0.382 e. The highest BCUT2D eigenvalue weighted by molar-refractivity contribution is 6.31. The number of anilines is 2. The van der Waals surface area contributed by atoms with Gasteiger partial charge in [0.25, 0.3) is 0 Å². The predicted molar refractivity (Wildman–Crippen MR) is 150 cm³/mol. The lowest BCUT2D eigenvalue weighted by molar-refractivity contribution is -0.133. The van der Waals surface area contributed by atoms with Crippen molar-refractivity contribution in [2.45, 2.75) is 51.7 Å². The Labute approximate surface area is 231 Å². The summed E-state index contributed by atoms with van der Waals surface area (Å²) >= 11 is 6.69. The van der Waals surface area contributed by atoms with Crippen LogP contribution in [0.3, 0.4) is 0 Å². The smallest absolute Gasteiger partial charge is 0.220 e. The van der Waals surface area contributed by atoms with E-state index in [2.05, 4.69) is 51.3 Å². The second-order valence-corrected chi connectivity index (χ2v) is 10.9. The minimum Gasteiger partial charge on any atom is -0.382 e. The molecule has 0 saturated carbocycles. The molecule has 204 valence electrons. The van der Waals surface area contributed by atoms with Crippen molar-refractivity contribution >= 4 is 34.5 Å². The Morgan fingerprint density at radius 1 is 1.08 bits per heavy atom. The lowest BCUT2D eigenvalue weighted by atomic mass is 10.0. The first-order valence-corrected chi connectivity index (χ1v) is 13.6. The minimum atomic E-state index is 0.0833. The molecule has 2 aliphatic heterocycles. The molecule has 4 aromatic rings. The first-order chi connectivity index (χ1) is 18.8. The maximum Gasteiger partial charge on any atom is 0.220 e. The van der Waals surface area contributed by atoms with Gasteiger partial charge in [0.2, 0.25) is 5.91 Å². The number of nitrogens with zero attached hydrogens (tertiary/aromatic N) is 8. The summed E-state index contributed by atoms with van der Waals surface area (Å²) in [4.78, 5) is 20.7. The number of hydrogen-bond donors (Lipinski definition) is 1. The molecule has 2 atom stereocenters. The van der Waals surface area contributed by atoms with Crippen molar-refractivity contribution in [3.8, 4) is 22.5 Å². The van der Waals surface area contributed by atoms with E-state index in [4.69, 9.17) is 22.1 Å². The lowest BCUT2D eigenvalue weighted by Gasteiger charge is -2.45. The van der Waals surface area contributed by atoms with Crippen LogP contribution in [0.25, 0.3) is 28.0 Å². The quantitative estimate of drug-likeness (QED) is 0.409. The van der Waals surface area contributed by atoms with Crippen molar-refractivity contribution in [2.24, 2.45) is 0 Å². The zero-order chi connectivity index (χ0) is 27.3. The molecular weight excluding hydrogens is 518 g/mol. The summed E-state index contributed by atoms with van der Waals surface area (Å²) in [6.45, 7) is 8.62. The van der Waals surface area contributed by atoms with Gasteiger partial charge in [-0.3, -0.25) is 4.79 Å². The highest BCUT2D eigenvalue weighted by Crippen LogP contribution is 2.38. The van der Waals surface area contributed by atoms with E-state index >= 15 is 0 Å². The molecule has 2 N–H and O–H groups in total. The third-order valence-corrected chi connectivity index (χ3v) is 8.01. The molecule has 11 nitrogen and oxygen atoms in total. The van der Waals surface area contributed by atoms with Gasteiger partial charge in [0, 0.05) is 67.1 Å². The molecule has 2 unspecified atom stereocenters. The second-order valence-electron chi connectivity index (χ2n) is 10.5. The van der Waals surface area contributed by atoms with Crippen LogP contribution in [-0.4, -0.2) is 78.8 Å². The molecule has 2 saturated heterocycles. The zero-order valence-corrected chi connectivity index (χ0v) is 23.0. The van der Waals surface area contributed by atoms with Crippen molar-refractivity contribution in [1.82, 2.24) is 34.5 Å². The Bertz CT molecular complexity index is 1510. The van der Waals surface area contributed by atoms with Crippen LogP contribution in [0.2, 0.25) is 5.02 Å². The number of nitrogens with two attached hydrogens (primary N) is 1. The van der Waals surface area contributed by atoms with Crippen LogP contribution in [-0.2, 0) is 9.53 Å². The summed E-state index contributed by atoms with van der Waals surface area (Å²) in [5.74, 6) is 0.469. The van der Waals surface area contributed by atoms with Gasteiger partial charge in [0.05, 0.1) is 23.6 Å². The molecule has 5 heterocycles. The predicted octanol–water partition coefficient (Wildman–Crippen LogP) is 3.69. The van der Waals surface area contributed by atoms with E-state index in [0.717, 1.165) is 54.1 Å². The van der Waals surface area contributed by atoms with E-state index < -0.39 is 0 Å². The van der Waals surface area contributed by atoms with E-state index in [0.29, 0.717) is 29.6 Å². The van der Waals surface area contributed by atoms with Crippen LogP contribution in [0.5, 0.6) is 0 Å². The third kappa shape index (κ3) is 4.59. The molecule has 1 aromatic carbocycles. The molecular formula is C27H32ClN9O2. The Balaban J connectivity index is 1.44. The lowest BCUT2D eigenvalue weighted by Crippen LogP contribution is -2.58. The van der Waals surface area contributed by atoms with Crippen molar-refractivity contribution < 1.29 is 9.53 Å². The van der Waals surface area contributed by atoms with E-state index in [9.17, 15) is 4.79 Å². The maximum atomic E-state index is 12.2. The summed E-state index contributed by atoms with van der Waals surface area (Å²) in [7, 11) is 0. The topological polar surface area (TPSA) is 120 Å². The Morgan fingerprint density at radius 2 is 1.82 bits per heavy atom. The second kappa shape index (κ2) is 10.1. The molecule has 1 amide bonds. The van der Waals surface area contributed by atoms with Gasteiger partial charge in [0.1, 0.15) is 11.8 Å². The van der Waals surface area contributed by atoms with Crippen molar-refractivity contribution in [2.75, 3.05) is 36.9 Å². The summed E-state index contributed by atoms with van der Waals surface area (Å²) in [5.41, 5.74) is 11.6. The van der Waals surface area contributed by atoms with Crippen LogP contribution >= 0.6 is 11.6 Å². The normalized spacial score (nSPS) is 20.6. The van der Waals surface area contributed by atoms with Gasteiger partial charge < -0.3 is 20.3 Å². The maximum absolute atomic E-state index is 12.2. The summed E-state index contributed by atoms with van der Waals surface area (Å²) in [6, 6.07) is 8.44. The third-order valence-electron chi connectivity index (χ3n) is 7.80. The van der Waals surface area contributed by atoms with Gasteiger partial charge in [-0.2, -0.15) is 5.10 Å². The number of ether oxygens (including phenoxy) is 1. The van der Waals surface area contributed by atoms with Gasteiger partial charge in [-0.1, -0.05) is 16.8 Å². The Hall–Kier alpha value is -3.70. The fourth-order valence-electron chi connectivity index (χ4n) is 6.16. The number of aromatic nitrogens is 6. The van der Waals surface area contributed by atoms with Crippen molar-refractivity contribution in [1.29, 1.82) is 0 Å². The Morgan fingerprint density at radius 3 is 2.54 bits per heavy atom. The number of rotatable bonds is 4. The van der Waals surface area contributed by atoms with E-state index in [-0.39, 0.29) is 24.0 Å². The average molecular weight is 550 g/mol. The molecule has 2 aliphatic rings. The number of carbonyl (C=O) groups excluding carboxylic acids is 1. The van der Waals surface area contributed by atoms with Crippen LogP contribution in [0.1, 0.15) is 39.7 Å². The van der Waals surface area contributed by atoms with Gasteiger partial charge in [-0.05, 0) is 51.0 Å². The standard InChI is InChI=1S/C27H32ClN9O2/c1-16-13-34(14-17(2)35(16)18(3)38)22-9-19(8-20(28)10-22)24-11-23(26-27(29)30-15-32-37(24)26)25-12-31-33-36(25)21-4-6-39-7-5-21/h8-12,15-17,21H,4-7,13-14H2,1-3H3,(H2,29,30,32). The molecule has 2 fully saturated rings. The molecule has 0 aliphatic carbocycles. The van der Waals surface area contributed by atoms with Crippen molar-refractivity contribution in [3.05, 3.63) is 41.8 Å². The molecule has 39 heavy (non-hydrogen) atoms. The highest BCUT2D eigenvalue weighted by atomic mass is 35.5. The average Bonchev–Trinajstić information content (AvgIpc) is 3.54. The number of fused-ring (bicyclic) bond motifs is 1.